The largest absolute Gasteiger partial charge is 0.491 e. The number of rotatable bonds is 6. The Morgan fingerprint density at radius 3 is 2.73 bits per heavy atom. The molecule has 22 heavy (non-hydrogen) atoms. The van der Waals surface area contributed by atoms with E-state index in [0.29, 0.717) is 23.6 Å². The first-order valence-electron chi connectivity index (χ1n) is 7.33. The van der Waals surface area contributed by atoms with Gasteiger partial charge in [-0.3, -0.25) is 4.79 Å². The summed E-state index contributed by atoms with van der Waals surface area (Å²) in [7, 11) is 0. The Morgan fingerprint density at radius 1 is 1.23 bits per heavy atom. The maximum Gasteiger partial charge on any atom is 0.256 e. The molecule has 3 nitrogen and oxygen atoms in total. The third kappa shape index (κ3) is 4.04. The van der Waals surface area contributed by atoms with Gasteiger partial charge in [-0.05, 0) is 49.4 Å². The number of para-hydroxylation sites is 2. The zero-order valence-corrected chi connectivity index (χ0v) is 14.0. The van der Waals surface area contributed by atoms with Crippen LogP contribution in [0.15, 0.2) is 47.4 Å². The van der Waals surface area contributed by atoms with Gasteiger partial charge in [0.05, 0.1) is 12.3 Å². The number of ether oxygens (including phenoxy) is 1. The van der Waals surface area contributed by atoms with Crippen LogP contribution in [-0.2, 0) is 0 Å². The predicted octanol–water partition coefficient (Wildman–Crippen LogP) is 4.76. The number of hydrogen-bond acceptors (Lipinski definition) is 3. The lowest BCUT2D eigenvalue weighted by molar-refractivity contribution is 0.102. The van der Waals surface area contributed by atoms with Crippen molar-refractivity contribution >= 4 is 23.4 Å². The van der Waals surface area contributed by atoms with Crippen molar-refractivity contribution in [2.45, 2.75) is 25.2 Å². The van der Waals surface area contributed by atoms with E-state index in [1.54, 1.807) is 11.8 Å². The lowest BCUT2D eigenvalue weighted by Crippen LogP contribution is -2.14. The van der Waals surface area contributed by atoms with Crippen molar-refractivity contribution in [1.82, 2.24) is 0 Å². The van der Waals surface area contributed by atoms with Crippen LogP contribution in [0.4, 0.5) is 5.69 Å². The average Bonchev–Trinajstić information content (AvgIpc) is 2.54. The van der Waals surface area contributed by atoms with Crippen molar-refractivity contribution < 1.29 is 9.53 Å². The number of aryl methyl sites for hydroxylation is 1. The molecule has 0 saturated carbocycles. The van der Waals surface area contributed by atoms with Crippen molar-refractivity contribution in [2.24, 2.45) is 0 Å². The average molecular weight is 315 g/mol. The quantitative estimate of drug-likeness (QED) is 0.781. The smallest absolute Gasteiger partial charge is 0.256 e. The molecule has 0 heterocycles. The Bertz CT molecular complexity index is 655. The lowest BCUT2D eigenvalue weighted by atomic mass is 10.1. The number of carbonyl (C=O) groups excluding carboxylic acids is 1. The SMILES string of the molecule is CCCOc1ccccc1NC(=O)c1cc(SC)ccc1C. The number of benzene rings is 2. The summed E-state index contributed by atoms with van der Waals surface area (Å²) in [6.45, 7) is 4.63. The number of hydrogen-bond donors (Lipinski definition) is 1. The van der Waals surface area contributed by atoms with Crippen LogP contribution in [0.25, 0.3) is 0 Å². The van der Waals surface area contributed by atoms with Gasteiger partial charge in [-0.1, -0.05) is 25.1 Å². The summed E-state index contributed by atoms with van der Waals surface area (Å²) in [6.07, 6.45) is 2.93. The van der Waals surface area contributed by atoms with E-state index in [2.05, 4.69) is 12.2 Å². The van der Waals surface area contributed by atoms with Crippen molar-refractivity contribution in [2.75, 3.05) is 18.2 Å². The molecule has 0 unspecified atom stereocenters. The summed E-state index contributed by atoms with van der Waals surface area (Å²) in [4.78, 5) is 13.6. The fourth-order valence-electron chi connectivity index (χ4n) is 2.07. The molecule has 2 rings (SSSR count). The van der Waals surface area contributed by atoms with Crippen LogP contribution in [0, 0.1) is 6.92 Å². The van der Waals surface area contributed by atoms with Gasteiger partial charge in [0.1, 0.15) is 5.75 Å². The maximum atomic E-state index is 12.6. The molecule has 116 valence electrons. The second-order valence-electron chi connectivity index (χ2n) is 4.98. The van der Waals surface area contributed by atoms with Crippen LogP contribution in [-0.4, -0.2) is 18.8 Å². The number of thioether (sulfide) groups is 1. The summed E-state index contributed by atoms with van der Waals surface area (Å²) < 4.78 is 5.68. The molecule has 0 atom stereocenters. The van der Waals surface area contributed by atoms with E-state index in [9.17, 15) is 4.79 Å². The number of anilines is 1. The fourth-order valence-corrected chi connectivity index (χ4v) is 2.51. The highest BCUT2D eigenvalue weighted by molar-refractivity contribution is 7.98. The first-order chi connectivity index (χ1) is 10.7. The first-order valence-corrected chi connectivity index (χ1v) is 8.56. The Kier molecular flexibility index (Phi) is 5.90. The van der Waals surface area contributed by atoms with Gasteiger partial charge in [-0.2, -0.15) is 0 Å². The maximum absolute atomic E-state index is 12.6. The lowest BCUT2D eigenvalue weighted by Gasteiger charge is -2.13. The minimum atomic E-state index is -0.110. The number of amides is 1. The Hall–Kier alpha value is -1.94. The van der Waals surface area contributed by atoms with Crippen LogP contribution >= 0.6 is 11.8 Å². The van der Waals surface area contributed by atoms with Crippen LogP contribution in [0.5, 0.6) is 5.75 Å². The van der Waals surface area contributed by atoms with E-state index in [4.69, 9.17) is 4.74 Å². The normalized spacial score (nSPS) is 10.3. The summed E-state index contributed by atoms with van der Waals surface area (Å²) in [5.74, 6) is 0.595. The van der Waals surface area contributed by atoms with Gasteiger partial charge in [0.2, 0.25) is 0 Å². The molecule has 0 aliphatic heterocycles. The molecule has 0 bridgehead atoms. The van der Waals surface area contributed by atoms with Crippen molar-refractivity contribution in [1.29, 1.82) is 0 Å². The summed E-state index contributed by atoms with van der Waals surface area (Å²) in [5, 5.41) is 2.95. The predicted molar refractivity (Wildman–Crippen MR) is 93.1 cm³/mol. The molecule has 0 aromatic heterocycles. The van der Waals surface area contributed by atoms with Crippen molar-refractivity contribution in [3.8, 4) is 5.75 Å². The minimum absolute atomic E-state index is 0.110. The topological polar surface area (TPSA) is 38.3 Å². The molecule has 1 amide bonds. The molecule has 0 fully saturated rings. The van der Waals surface area contributed by atoms with Crippen LogP contribution in [0.3, 0.4) is 0 Å². The zero-order chi connectivity index (χ0) is 15.9. The Balaban J connectivity index is 2.22. The molecule has 0 aliphatic carbocycles. The molecular formula is C18H21NO2S. The third-order valence-electron chi connectivity index (χ3n) is 3.29. The fraction of sp³-hybridized carbons (Fsp3) is 0.278. The van der Waals surface area contributed by atoms with E-state index in [1.807, 2.05) is 55.6 Å². The molecule has 0 saturated heterocycles. The number of nitrogens with one attached hydrogen (secondary N) is 1. The van der Waals surface area contributed by atoms with E-state index >= 15 is 0 Å². The molecule has 2 aromatic rings. The van der Waals surface area contributed by atoms with E-state index in [-0.39, 0.29) is 5.91 Å². The highest BCUT2D eigenvalue weighted by Gasteiger charge is 2.12. The van der Waals surface area contributed by atoms with Gasteiger partial charge in [0, 0.05) is 10.5 Å². The second-order valence-corrected chi connectivity index (χ2v) is 5.86. The first kappa shape index (κ1) is 16.4. The second kappa shape index (κ2) is 7.90. The molecular weight excluding hydrogens is 294 g/mol. The summed E-state index contributed by atoms with van der Waals surface area (Å²) in [5.41, 5.74) is 2.36. The Labute approximate surface area is 136 Å². The molecule has 0 aliphatic rings. The van der Waals surface area contributed by atoms with Crippen LogP contribution < -0.4 is 10.1 Å². The van der Waals surface area contributed by atoms with Crippen molar-refractivity contribution in [3.05, 3.63) is 53.6 Å². The molecule has 0 radical (unpaired) electrons. The highest BCUT2D eigenvalue weighted by atomic mass is 32.2. The molecule has 2 aromatic carbocycles. The van der Waals surface area contributed by atoms with E-state index in [0.717, 1.165) is 16.9 Å². The molecule has 0 spiro atoms. The van der Waals surface area contributed by atoms with Gasteiger partial charge >= 0.3 is 0 Å². The van der Waals surface area contributed by atoms with Gasteiger partial charge in [-0.25, -0.2) is 0 Å². The highest BCUT2D eigenvalue weighted by Crippen LogP contribution is 2.26. The summed E-state index contributed by atoms with van der Waals surface area (Å²) in [6, 6.07) is 13.4. The van der Waals surface area contributed by atoms with Gasteiger partial charge in [0.25, 0.3) is 5.91 Å². The Morgan fingerprint density at radius 2 is 2.00 bits per heavy atom. The standard InChI is InChI=1S/C18H21NO2S/c1-4-11-21-17-8-6-5-7-16(17)19-18(20)15-12-14(22-3)10-9-13(15)2/h5-10,12H,4,11H2,1-3H3,(H,19,20). The van der Waals surface area contributed by atoms with E-state index < -0.39 is 0 Å². The van der Waals surface area contributed by atoms with E-state index in [1.165, 1.54) is 0 Å². The van der Waals surface area contributed by atoms with Crippen molar-refractivity contribution in [3.63, 3.8) is 0 Å². The monoisotopic (exact) mass is 315 g/mol. The third-order valence-corrected chi connectivity index (χ3v) is 4.01. The van der Waals surface area contributed by atoms with Gasteiger partial charge in [-0.15, -0.1) is 11.8 Å². The number of carbonyl (C=O) groups is 1. The van der Waals surface area contributed by atoms with Crippen LogP contribution in [0.2, 0.25) is 0 Å². The zero-order valence-electron chi connectivity index (χ0n) is 13.2. The molecule has 4 heteroatoms. The molecule has 1 N–H and O–H groups in total. The summed E-state index contributed by atoms with van der Waals surface area (Å²) >= 11 is 1.62. The van der Waals surface area contributed by atoms with Gasteiger partial charge < -0.3 is 10.1 Å². The minimum Gasteiger partial charge on any atom is -0.491 e. The van der Waals surface area contributed by atoms with Crippen LogP contribution in [0.1, 0.15) is 29.3 Å². The van der Waals surface area contributed by atoms with Gasteiger partial charge in [0.15, 0.2) is 0 Å².